The van der Waals surface area contributed by atoms with Gasteiger partial charge in [-0.15, -0.1) is 0 Å². The Hall–Kier alpha value is -2.11. The molecule has 23 heavy (non-hydrogen) atoms. The number of carbonyl (C=O) groups is 1. The molecular formula is C17H27N5O. The fraction of sp³-hybridized carbons (Fsp3) is 0.588. The van der Waals surface area contributed by atoms with Crippen molar-refractivity contribution in [3.8, 4) is 0 Å². The third kappa shape index (κ3) is 5.88. The quantitative estimate of drug-likeness (QED) is 0.574. The summed E-state index contributed by atoms with van der Waals surface area (Å²) in [6.07, 6.45) is 4.93. The molecule has 126 valence electrons. The minimum atomic E-state index is -0.589. The second-order valence-corrected chi connectivity index (χ2v) is 7.03. The predicted octanol–water partition coefficient (Wildman–Crippen LogP) is 4.22. The van der Waals surface area contributed by atoms with Crippen molar-refractivity contribution in [3.05, 3.63) is 30.3 Å². The van der Waals surface area contributed by atoms with Crippen molar-refractivity contribution in [2.45, 2.75) is 64.1 Å². The van der Waals surface area contributed by atoms with E-state index in [-0.39, 0.29) is 11.6 Å². The highest BCUT2D eigenvalue weighted by atomic mass is 16.2. The van der Waals surface area contributed by atoms with Crippen LogP contribution < -0.4 is 16.2 Å². The van der Waals surface area contributed by atoms with Crippen LogP contribution in [0.25, 0.3) is 0 Å². The maximum absolute atomic E-state index is 12.2. The molecule has 1 fully saturated rings. The minimum Gasteiger partial charge on any atom is -0.311 e. The second-order valence-electron chi connectivity index (χ2n) is 7.03. The first kappa shape index (κ1) is 17.2. The zero-order valence-electron chi connectivity index (χ0n) is 14.2. The lowest BCUT2D eigenvalue weighted by Crippen LogP contribution is -2.53. The molecule has 1 aliphatic rings. The van der Waals surface area contributed by atoms with E-state index in [1.54, 1.807) is 0 Å². The predicted molar refractivity (Wildman–Crippen MR) is 92.2 cm³/mol. The Balaban J connectivity index is 1.97. The van der Waals surface area contributed by atoms with Crippen LogP contribution in [0.2, 0.25) is 0 Å². The summed E-state index contributed by atoms with van der Waals surface area (Å²) in [6.45, 7) is 6.01. The van der Waals surface area contributed by atoms with Crippen molar-refractivity contribution in [1.29, 1.82) is 0 Å². The minimum absolute atomic E-state index is 0.245. The number of carbonyl (C=O) groups excluding carboxylic acids is 1. The van der Waals surface area contributed by atoms with Crippen molar-refractivity contribution in [2.24, 2.45) is 10.2 Å². The summed E-state index contributed by atoms with van der Waals surface area (Å²) in [6, 6.07) is 9.22. The Kier molecular flexibility index (Phi) is 5.58. The molecule has 2 amide bonds. The zero-order valence-corrected chi connectivity index (χ0v) is 14.2. The normalized spacial score (nSPS) is 17.7. The molecule has 1 aliphatic carbocycles. The zero-order chi connectivity index (χ0) is 16.8. The van der Waals surface area contributed by atoms with Crippen molar-refractivity contribution in [1.82, 2.24) is 10.7 Å². The average Bonchev–Trinajstić information content (AvgIpc) is 2.52. The van der Waals surface area contributed by atoms with Crippen LogP contribution in [0.3, 0.4) is 0 Å². The lowest BCUT2D eigenvalue weighted by atomic mass is 9.89. The number of nitrogens with zero attached hydrogens (tertiary/aromatic N) is 2. The van der Waals surface area contributed by atoms with E-state index in [1.807, 2.05) is 51.1 Å². The van der Waals surface area contributed by atoms with E-state index in [1.165, 1.54) is 6.42 Å². The number of para-hydroxylation sites is 1. The number of amides is 2. The van der Waals surface area contributed by atoms with Gasteiger partial charge in [0.25, 0.3) is 0 Å². The summed E-state index contributed by atoms with van der Waals surface area (Å²) >= 11 is 0. The van der Waals surface area contributed by atoms with E-state index in [0.717, 1.165) is 31.4 Å². The van der Waals surface area contributed by atoms with Crippen LogP contribution in [0.5, 0.6) is 0 Å². The van der Waals surface area contributed by atoms with Gasteiger partial charge in [-0.3, -0.25) is 10.9 Å². The molecule has 6 nitrogen and oxygen atoms in total. The van der Waals surface area contributed by atoms with Gasteiger partial charge in [0.15, 0.2) is 5.66 Å². The van der Waals surface area contributed by atoms with Crippen LogP contribution in [0, 0.1) is 0 Å². The maximum atomic E-state index is 12.2. The van der Waals surface area contributed by atoms with E-state index < -0.39 is 5.66 Å². The number of urea groups is 1. The van der Waals surface area contributed by atoms with Crippen LogP contribution in [-0.4, -0.2) is 17.2 Å². The monoisotopic (exact) mass is 317 g/mol. The Morgan fingerprint density at radius 1 is 1.09 bits per heavy atom. The van der Waals surface area contributed by atoms with Gasteiger partial charge in [-0.1, -0.05) is 24.6 Å². The molecule has 0 saturated heterocycles. The fourth-order valence-electron chi connectivity index (χ4n) is 2.53. The van der Waals surface area contributed by atoms with Gasteiger partial charge >= 0.3 is 6.03 Å². The molecule has 0 aliphatic heterocycles. The molecule has 3 N–H and O–H groups in total. The number of nitrogens with one attached hydrogen (secondary N) is 3. The first-order valence-electron chi connectivity index (χ1n) is 8.22. The van der Waals surface area contributed by atoms with Gasteiger partial charge in [0.05, 0.1) is 11.2 Å². The van der Waals surface area contributed by atoms with Crippen LogP contribution in [0.1, 0.15) is 52.9 Å². The summed E-state index contributed by atoms with van der Waals surface area (Å²) in [5.74, 6) is 0. The topological polar surface area (TPSA) is 77.9 Å². The highest BCUT2D eigenvalue weighted by Crippen LogP contribution is 2.30. The summed E-state index contributed by atoms with van der Waals surface area (Å²) in [7, 11) is 0. The Bertz CT molecular complexity index is 530. The Labute approximate surface area is 138 Å². The van der Waals surface area contributed by atoms with Crippen LogP contribution in [0.15, 0.2) is 40.6 Å². The number of hydrogen-bond donors (Lipinski definition) is 3. The highest BCUT2D eigenvalue weighted by molar-refractivity contribution is 5.76. The van der Waals surface area contributed by atoms with Gasteiger partial charge in [-0.25, -0.2) is 4.79 Å². The Morgan fingerprint density at radius 2 is 1.74 bits per heavy atom. The number of hydrogen-bond acceptors (Lipinski definition) is 4. The van der Waals surface area contributed by atoms with E-state index in [9.17, 15) is 4.79 Å². The lowest BCUT2D eigenvalue weighted by Gasteiger charge is -2.34. The van der Waals surface area contributed by atoms with Crippen LogP contribution >= 0.6 is 0 Å². The molecule has 1 saturated carbocycles. The SMILES string of the molecule is CC(C)(C)/N=N/C1(NC(=O)NNc2ccccc2)CCCCC1. The van der Waals surface area contributed by atoms with Crippen LogP contribution in [0.4, 0.5) is 10.5 Å². The summed E-state index contributed by atoms with van der Waals surface area (Å²) in [4.78, 5) is 12.2. The number of hydrazine groups is 1. The maximum Gasteiger partial charge on any atom is 0.335 e. The van der Waals surface area contributed by atoms with E-state index in [2.05, 4.69) is 26.4 Å². The summed E-state index contributed by atoms with van der Waals surface area (Å²) in [5, 5.41) is 11.9. The fourth-order valence-corrected chi connectivity index (χ4v) is 2.53. The van der Waals surface area contributed by atoms with Crippen molar-refractivity contribution < 1.29 is 4.79 Å². The van der Waals surface area contributed by atoms with E-state index in [4.69, 9.17) is 0 Å². The highest BCUT2D eigenvalue weighted by Gasteiger charge is 2.34. The molecule has 0 heterocycles. The van der Waals surface area contributed by atoms with Gasteiger partial charge in [-0.2, -0.15) is 10.2 Å². The molecule has 0 atom stereocenters. The van der Waals surface area contributed by atoms with Crippen molar-refractivity contribution in [2.75, 3.05) is 5.43 Å². The Morgan fingerprint density at radius 3 is 2.35 bits per heavy atom. The van der Waals surface area contributed by atoms with Crippen molar-refractivity contribution >= 4 is 11.7 Å². The standard InChI is InChI=1S/C17H27N5O/c1-16(2,3)21-22-17(12-8-5-9-13-17)18-15(23)20-19-14-10-6-4-7-11-14/h4,6-7,10-11,19H,5,8-9,12-13H2,1-3H3,(H2,18,20,23)/b22-21+. The van der Waals surface area contributed by atoms with Gasteiger partial charge < -0.3 is 5.32 Å². The van der Waals surface area contributed by atoms with E-state index >= 15 is 0 Å². The molecule has 1 aromatic carbocycles. The molecule has 1 aromatic rings. The first-order chi connectivity index (χ1) is 10.9. The van der Waals surface area contributed by atoms with Gasteiger partial charge in [0.1, 0.15) is 0 Å². The third-order valence-electron chi connectivity index (χ3n) is 3.66. The number of rotatable bonds is 4. The number of anilines is 1. The van der Waals surface area contributed by atoms with Crippen LogP contribution in [-0.2, 0) is 0 Å². The summed E-state index contributed by atoms with van der Waals surface area (Å²) in [5.41, 5.74) is 5.55. The molecular weight excluding hydrogens is 290 g/mol. The van der Waals surface area contributed by atoms with Gasteiger partial charge in [-0.05, 0) is 58.6 Å². The molecule has 0 aromatic heterocycles. The van der Waals surface area contributed by atoms with Crippen molar-refractivity contribution in [3.63, 3.8) is 0 Å². The molecule has 0 bridgehead atoms. The average molecular weight is 317 g/mol. The molecule has 2 rings (SSSR count). The molecule has 0 unspecified atom stereocenters. The third-order valence-corrected chi connectivity index (χ3v) is 3.66. The smallest absolute Gasteiger partial charge is 0.311 e. The van der Waals surface area contributed by atoms with E-state index in [0.29, 0.717) is 0 Å². The largest absolute Gasteiger partial charge is 0.335 e. The molecule has 6 heteroatoms. The first-order valence-corrected chi connectivity index (χ1v) is 8.22. The lowest BCUT2D eigenvalue weighted by molar-refractivity contribution is 0.200. The number of azo groups is 1. The number of benzene rings is 1. The second kappa shape index (κ2) is 7.44. The van der Waals surface area contributed by atoms with Gasteiger partial charge in [0.2, 0.25) is 0 Å². The van der Waals surface area contributed by atoms with Gasteiger partial charge in [0, 0.05) is 0 Å². The molecule has 0 spiro atoms. The summed E-state index contributed by atoms with van der Waals surface area (Å²) < 4.78 is 0. The molecule has 0 radical (unpaired) electrons.